The van der Waals surface area contributed by atoms with E-state index in [1.54, 1.807) is 24.4 Å². The van der Waals surface area contributed by atoms with Gasteiger partial charge in [-0.2, -0.15) is 0 Å². The first-order chi connectivity index (χ1) is 9.10. The Balaban J connectivity index is 2.03. The van der Waals surface area contributed by atoms with Gasteiger partial charge in [-0.05, 0) is 18.2 Å². The molecule has 0 saturated heterocycles. The molecule has 100 valence electrons. The van der Waals surface area contributed by atoms with Crippen LogP contribution in [0.5, 0.6) is 0 Å². The van der Waals surface area contributed by atoms with Crippen LogP contribution in [0, 0.1) is 0 Å². The third-order valence-corrected chi connectivity index (χ3v) is 3.35. The molecule has 0 aliphatic rings. The Morgan fingerprint density at radius 2 is 2.32 bits per heavy atom. The zero-order valence-electron chi connectivity index (χ0n) is 10.2. The molecule has 1 aromatic heterocycles. The van der Waals surface area contributed by atoms with Crippen LogP contribution in [0.3, 0.4) is 0 Å². The summed E-state index contributed by atoms with van der Waals surface area (Å²) in [6, 6.07) is 5.12. The molecule has 0 radical (unpaired) electrons. The lowest BCUT2D eigenvalue weighted by Crippen LogP contribution is -2.23. The zero-order chi connectivity index (χ0) is 13.8. The maximum atomic E-state index is 12.0. The molecule has 0 unspecified atom stereocenters. The van der Waals surface area contributed by atoms with E-state index in [1.807, 2.05) is 6.92 Å². The topological polar surface area (TPSA) is 55.1 Å². The van der Waals surface area contributed by atoms with Crippen molar-refractivity contribution in [2.75, 3.05) is 0 Å². The largest absolute Gasteiger partial charge is 0.444 e. The maximum Gasteiger partial charge on any atom is 0.253 e. The lowest BCUT2D eigenvalue weighted by atomic mass is 10.2. The number of hydrogen-bond donors (Lipinski definition) is 1. The van der Waals surface area contributed by atoms with E-state index in [4.69, 9.17) is 16.0 Å². The second-order valence-electron chi connectivity index (χ2n) is 3.88. The smallest absolute Gasteiger partial charge is 0.253 e. The van der Waals surface area contributed by atoms with Gasteiger partial charge < -0.3 is 9.73 Å². The molecule has 0 saturated carbocycles. The summed E-state index contributed by atoms with van der Waals surface area (Å²) < 4.78 is 6.20. The van der Waals surface area contributed by atoms with Crippen LogP contribution < -0.4 is 5.32 Å². The fourth-order valence-electron chi connectivity index (χ4n) is 1.52. The molecule has 0 atom stereocenters. The predicted octanol–water partition coefficient (Wildman–Crippen LogP) is 3.58. The summed E-state index contributed by atoms with van der Waals surface area (Å²) in [5, 5.41) is 3.13. The molecular weight excluding hydrogens is 332 g/mol. The van der Waals surface area contributed by atoms with Crippen molar-refractivity contribution < 1.29 is 9.21 Å². The molecule has 1 N–H and O–H groups in total. The molecule has 1 heterocycles. The number of amides is 1. The number of carbonyl (C=O) groups excluding carboxylic acids is 1. The predicted molar refractivity (Wildman–Crippen MR) is 76.2 cm³/mol. The van der Waals surface area contributed by atoms with E-state index in [0.29, 0.717) is 16.5 Å². The van der Waals surface area contributed by atoms with Crippen molar-refractivity contribution in [1.82, 2.24) is 10.3 Å². The minimum absolute atomic E-state index is 0.238. The summed E-state index contributed by atoms with van der Waals surface area (Å²) in [6.07, 6.45) is 2.44. The SMILES string of the molecule is CCc1cnc(CNC(=O)c2cc(Br)ccc2Cl)o1. The maximum absolute atomic E-state index is 12.0. The third kappa shape index (κ3) is 3.58. The second-order valence-corrected chi connectivity index (χ2v) is 5.20. The van der Waals surface area contributed by atoms with Crippen LogP contribution in [0.1, 0.15) is 28.9 Å². The molecule has 0 aliphatic carbocycles. The first kappa shape index (κ1) is 14.1. The van der Waals surface area contributed by atoms with Gasteiger partial charge in [0.25, 0.3) is 5.91 Å². The number of halogens is 2. The fourth-order valence-corrected chi connectivity index (χ4v) is 2.08. The molecule has 0 aliphatic heterocycles. The van der Waals surface area contributed by atoms with Crippen molar-refractivity contribution in [2.45, 2.75) is 19.9 Å². The molecule has 0 bridgehead atoms. The number of aromatic nitrogens is 1. The fraction of sp³-hybridized carbons (Fsp3) is 0.231. The Morgan fingerprint density at radius 3 is 3.00 bits per heavy atom. The van der Waals surface area contributed by atoms with Gasteiger partial charge in [0.15, 0.2) is 0 Å². The molecule has 19 heavy (non-hydrogen) atoms. The molecule has 0 spiro atoms. The van der Waals surface area contributed by atoms with Crippen LogP contribution in [0.4, 0.5) is 0 Å². The molecule has 1 aromatic carbocycles. The molecule has 1 amide bonds. The summed E-state index contributed by atoms with van der Waals surface area (Å²) in [4.78, 5) is 16.1. The average Bonchev–Trinajstić information content (AvgIpc) is 2.87. The second kappa shape index (κ2) is 6.21. The first-order valence-corrected chi connectivity index (χ1v) is 6.94. The number of hydrogen-bond acceptors (Lipinski definition) is 3. The number of oxazole rings is 1. The lowest BCUT2D eigenvalue weighted by molar-refractivity contribution is 0.0947. The zero-order valence-corrected chi connectivity index (χ0v) is 12.6. The van der Waals surface area contributed by atoms with E-state index in [1.165, 1.54) is 0 Å². The number of nitrogens with one attached hydrogen (secondary N) is 1. The van der Waals surface area contributed by atoms with Crippen molar-refractivity contribution in [1.29, 1.82) is 0 Å². The third-order valence-electron chi connectivity index (χ3n) is 2.52. The molecule has 6 heteroatoms. The van der Waals surface area contributed by atoms with Gasteiger partial charge >= 0.3 is 0 Å². The Hall–Kier alpha value is -1.33. The number of aryl methyl sites for hydroxylation is 1. The highest BCUT2D eigenvalue weighted by Gasteiger charge is 2.12. The van der Waals surface area contributed by atoms with Gasteiger partial charge in [0, 0.05) is 10.9 Å². The highest BCUT2D eigenvalue weighted by atomic mass is 79.9. The number of carbonyl (C=O) groups is 1. The summed E-state index contributed by atoms with van der Waals surface area (Å²) in [7, 11) is 0. The summed E-state index contributed by atoms with van der Waals surface area (Å²) >= 11 is 9.28. The normalized spacial score (nSPS) is 10.5. The van der Waals surface area contributed by atoms with Gasteiger partial charge in [-0.3, -0.25) is 4.79 Å². The van der Waals surface area contributed by atoms with Gasteiger partial charge in [-0.15, -0.1) is 0 Å². The lowest BCUT2D eigenvalue weighted by Gasteiger charge is -2.05. The quantitative estimate of drug-likeness (QED) is 0.923. The number of benzene rings is 1. The van der Waals surface area contributed by atoms with E-state index >= 15 is 0 Å². The highest BCUT2D eigenvalue weighted by molar-refractivity contribution is 9.10. The minimum atomic E-state index is -0.262. The van der Waals surface area contributed by atoms with Crippen LogP contribution in [0.2, 0.25) is 5.02 Å². The van der Waals surface area contributed by atoms with Crippen molar-refractivity contribution in [2.24, 2.45) is 0 Å². The van der Waals surface area contributed by atoms with Gasteiger partial charge in [-0.25, -0.2) is 4.98 Å². The highest BCUT2D eigenvalue weighted by Crippen LogP contribution is 2.20. The van der Waals surface area contributed by atoms with Crippen LogP contribution in [-0.4, -0.2) is 10.9 Å². The van der Waals surface area contributed by atoms with E-state index in [-0.39, 0.29) is 12.5 Å². The van der Waals surface area contributed by atoms with Gasteiger partial charge in [0.05, 0.1) is 23.3 Å². The van der Waals surface area contributed by atoms with Crippen LogP contribution in [0.15, 0.2) is 33.3 Å². The Labute approximate surface area is 124 Å². The van der Waals surface area contributed by atoms with Gasteiger partial charge in [-0.1, -0.05) is 34.5 Å². The number of rotatable bonds is 4. The Bertz CT molecular complexity index is 598. The molecular formula is C13H12BrClN2O2. The summed E-state index contributed by atoms with van der Waals surface area (Å²) in [5.74, 6) is 1.02. The summed E-state index contributed by atoms with van der Waals surface area (Å²) in [5.41, 5.74) is 0.415. The van der Waals surface area contributed by atoms with Crippen molar-refractivity contribution >= 4 is 33.4 Å². The summed E-state index contributed by atoms with van der Waals surface area (Å²) in [6.45, 7) is 2.21. The van der Waals surface area contributed by atoms with Crippen molar-refractivity contribution in [3.63, 3.8) is 0 Å². The van der Waals surface area contributed by atoms with Crippen LogP contribution in [-0.2, 0) is 13.0 Å². The molecule has 2 aromatic rings. The average molecular weight is 344 g/mol. The van der Waals surface area contributed by atoms with Crippen LogP contribution in [0.25, 0.3) is 0 Å². The van der Waals surface area contributed by atoms with Crippen molar-refractivity contribution in [3.05, 3.63) is 51.1 Å². The van der Waals surface area contributed by atoms with E-state index in [9.17, 15) is 4.79 Å². The van der Waals surface area contributed by atoms with Crippen LogP contribution >= 0.6 is 27.5 Å². The van der Waals surface area contributed by atoms with Gasteiger partial charge in [0.1, 0.15) is 5.76 Å². The minimum Gasteiger partial charge on any atom is -0.444 e. The molecule has 0 fully saturated rings. The molecule has 2 rings (SSSR count). The van der Waals surface area contributed by atoms with Gasteiger partial charge in [0.2, 0.25) is 5.89 Å². The molecule has 4 nitrogen and oxygen atoms in total. The van der Waals surface area contributed by atoms with E-state index in [0.717, 1.165) is 16.7 Å². The standard InChI is InChI=1S/C13H12BrClN2O2/c1-2-9-6-16-12(19-9)7-17-13(18)10-5-8(14)3-4-11(10)15/h3-6H,2,7H2,1H3,(H,17,18). The monoisotopic (exact) mass is 342 g/mol. The first-order valence-electron chi connectivity index (χ1n) is 5.77. The Morgan fingerprint density at radius 1 is 1.53 bits per heavy atom. The Kier molecular flexibility index (Phi) is 4.61. The van der Waals surface area contributed by atoms with E-state index < -0.39 is 0 Å². The number of nitrogens with zero attached hydrogens (tertiary/aromatic N) is 1. The van der Waals surface area contributed by atoms with E-state index in [2.05, 4.69) is 26.2 Å². The van der Waals surface area contributed by atoms with Crippen molar-refractivity contribution in [3.8, 4) is 0 Å².